The molecule has 0 radical (unpaired) electrons. The third-order valence-corrected chi connectivity index (χ3v) is 6.59. The number of carbonyl (C=O) groups is 1. The van der Waals surface area contributed by atoms with Crippen LogP contribution in [0, 0.1) is 24.2 Å². The average molecular weight is 332 g/mol. The first-order chi connectivity index (χ1) is 11.3. The zero-order chi connectivity index (χ0) is 17.6. The molecule has 4 heteroatoms. The van der Waals surface area contributed by atoms with Crippen molar-refractivity contribution in [2.45, 2.75) is 66.1 Å². The normalized spacial score (nSPS) is 36.0. The zero-order valence-electron chi connectivity index (χ0n) is 15.3. The number of furan rings is 1. The minimum Gasteiger partial charge on any atom is -0.469 e. The van der Waals surface area contributed by atoms with E-state index in [0.717, 1.165) is 36.1 Å². The Labute approximate surface area is 143 Å². The fourth-order valence-corrected chi connectivity index (χ4v) is 4.55. The minimum atomic E-state index is -0.377. The SMILES string of the molecule is C/C=C(/C)C(=O)O[C@@H]1c2c(C)coc2C[C@@H]2CC[C@@H](O)[C@H](C)[C@]21C. The highest BCUT2D eigenvalue weighted by Gasteiger charge is 2.56. The van der Waals surface area contributed by atoms with Crippen LogP contribution in [0.3, 0.4) is 0 Å². The van der Waals surface area contributed by atoms with E-state index in [0.29, 0.717) is 11.5 Å². The molecule has 1 N–H and O–H groups in total. The predicted octanol–water partition coefficient (Wildman–Crippen LogP) is 4.11. The molecule has 0 saturated heterocycles. The lowest BCUT2D eigenvalue weighted by Gasteiger charge is -2.54. The summed E-state index contributed by atoms with van der Waals surface area (Å²) < 4.78 is 11.8. The number of aliphatic hydroxyl groups excluding tert-OH is 1. The van der Waals surface area contributed by atoms with Crippen LogP contribution in [-0.2, 0) is 16.0 Å². The molecule has 0 aliphatic heterocycles. The maximum Gasteiger partial charge on any atom is 0.334 e. The van der Waals surface area contributed by atoms with E-state index in [1.807, 2.05) is 13.8 Å². The van der Waals surface area contributed by atoms with Gasteiger partial charge in [0.25, 0.3) is 0 Å². The van der Waals surface area contributed by atoms with E-state index in [4.69, 9.17) is 9.15 Å². The fraction of sp³-hybridized carbons (Fsp3) is 0.650. The van der Waals surface area contributed by atoms with Gasteiger partial charge in [0, 0.05) is 23.0 Å². The van der Waals surface area contributed by atoms with Crippen molar-refractivity contribution >= 4 is 5.97 Å². The van der Waals surface area contributed by atoms with Crippen LogP contribution in [0.4, 0.5) is 0 Å². The number of hydrogen-bond acceptors (Lipinski definition) is 4. The number of fused-ring (bicyclic) bond motifs is 2. The summed E-state index contributed by atoms with van der Waals surface area (Å²) in [5.74, 6) is 1.05. The van der Waals surface area contributed by atoms with Crippen molar-refractivity contribution in [3.63, 3.8) is 0 Å². The van der Waals surface area contributed by atoms with Crippen LogP contribution in [0.25, 0.3) is 0 Å². The summed E-state index contributed by atoms with van der Waals surface area (Å²) in [6, 6.07) is 0. The van der Waals surface area contributed by atoms with Crippen LogP contribution in [0.2, 0.25) is 0 Å². The highest BCUT2D eigenvalue weighted by atomic mass is 16.5. The topological polar surface area (TPSA) is 59.7 Å². The number of aryl methyl sites for hydroxylation is 1. The second-order valence-corrected chi connectivity index (χ2v) is 7.71. The highest BCUT2D eigenvalue weighted by molar-refractivity contribution is 5.87. The quantitative estimate of drug-likeness (QED) is 0.654. The van der Waals surface area contributed by atoms with Crippen molar-refractivity contribution in [1.82, 2.24) is 0 Å². The maximum atomic E-state index is 12.5. The van der Waals surface area contributed by atoms with Crippen molar-refractivity contribution in [2.24, 2.45) is 17.3 Å². The zero-order valence-corrected chi connectivity index (χ0v) is 15.3. The third kappa shape index (κ3) is 2.43. The Kier molecular flexibility index (Phi) is 4.37. The molecule has 1 fully saturated rings. The molecular weight excluding hydrogens is 304 g/mol. The van der Waals surface area contributed by atoms with E-state index in [1.54, 1.807) is 19.3 Å². The van der Waals surface area contributed by atoms with Crippen LogP contribution in [0.1, 0.15) is 63.5 Å². The van der Waals surface area contributed by atoms with Crippen molar-refractivity contribution < 1.29 is 19.1 Å². The van der Waals surface area contributed by atoms with E-state index in [1.165, 1.54) is 0 Å². The van der Waals surface area contributed by atoms with Crippen LogP contribution in [0.15, 0.2) is 22.3 Å². The van der Waals surface area contributed by atoms with Gasteiger partial charge in [0.05, 0.1) is 12.4 Å². The molecule has 132 valence electrons. The van der Waals surface area contributed by atoms with E-state index in [2.05, 4.69) is 13.8 Å². The van der Waals surface area contributed by atoms with Crippen LogP contribution >= 0.6 is 0 Å². The molecule has 1 saturated carbocycles. The van der Waals surface area contributed by atoms with Gasteiger partial charge >= 0.3 is 5.97 Å². The molecule has 1 heterocycles. The number of rotatable bonds is 2. The van der Waals surface area contributed by atoms with Gasteiger partial charge in [0.1, 0.15) is 11.9 Å². The van der Waals surface area contributed by atoms with Gasteiger partial charge in [0.15, 0.2) is 0 Å². The molecule has 5 atom stereocenters. The molecule has 1 aromatic rings. The summed E-state index contributed by atoms with van der Waals surface area (Å²) in [5, 5.41) is 10.5. The fourth-order valence-electron chi connectivity index (χ4n) is 4.55. The average Bonchev–Trinajstić information content (AvgIpc) is 2.93. The lowest BCUT2D eigenvalue weighted by molar-refractivity contribution is -0.174. The van der Waals surface area contributed by atoms with Gasteiger partial charge in [-0.2, -0.15) is 0 Å². The maximum absolute atomic E-state index is 12.5. The monoisotopic (exact) mass is 332 g/mol. The van der Waals surface area contributed by atoms with Crippen LogP contribution < -0.4 is 0 Å². The number of carbonyl (C=O) groups excluding carboxylic acids is 1. The Morgan fingerprint density at radius 1 is 1.46 bits per heavy atom. The van der Waals surface area contributed by atoms with Gasteiger partial charge in [-0.1, -0.05) is 19.9 Å². The number of aliphatic hydroxyl groups is 1. The first-order valence-electron chi connectivity index (χ1n) is 8.89. The summed E-state index contributed by atoms with van der Waals surface area (Å²) in [5.41, 5.74) is 2.34. The summed E-state index contributed by atoms with van der Waals surface area (Å²) in [6.45, 7) is 9.86. The van der Waals surface area contributed by atoms with Crippen molar-refractivity contribution in [3.05, 3.63) is 34.8 Å². The van der Waals surface area contributed by atoms with Crippen molar-refractivity contribution in [2.75, 3.05) is 0 Å². The minimum absolute atomic E-state index is 0.0578. The Bertz CT molecular complexity index is 671. The lowest BCUT2D eigenvalue weighted by atomic mass is 9.53. The second kappa shape index (κ2) is 6.07. The Hall–Kier alpha value is -1.55. The van der Waals surface area contributed by atoms with Gasteiger partial charge in [0.2, 0.25) is 0 Å². The number of hydrogen-bond donors (Lipinski definition) is 1. The molecular formula is C20H28O4. The molecule has 2 aliphatic carbocycles. The number of allylic oxidation sites excluding steroid dienone is 1. The van der Waals surface area contributed by atoms with Crippen molar-refractivity contribution in [3.8, 4) is 0 Å². The largest absolute Gasteiger partial charge is 0.469 e. The van der Waals surface area contributed by atoms with E-state index >= 15 is 0 Å². The first kappa shape index (κ1) is 17.3. The standard InChI is InChI=1S/C20H28O4/c1-6-11(2)19(22)24-18-17-12(3)10-23-16(17)9-14-7-8-15(21)13(4)20(14,18)5/h6,10,13-15,18,21H,7-9H2,1-5H3/b11-6-/t13-,14-,15+,18+,20+/m0/s1. The van der Waals surface area contributed by atoms with Gasteiger partial charge in [-0.25, -0.2) is 4.79 Å². The molecule has 0 amide bonds. The highest BCUT2D eigenvalue weighted by Crippen LogP contribution is 2.59. The molecule has 0 spiro atoms. The molecule has 2 aliphatic rings. The molecule has 24 heavy (non-hydrogen) atoms. The van der Waals surface area contributed by atoms with Gasteiger partial charge in [-0.05, 0) is 51.0 Å². The predicted molar refractivity (Wildman–Crippen MR) is 91.4 cm³/mol. The first-order valence-corrected chi connectivity index (χ1v) is 8.89. The Morgan fingerprint density at radius 2 is 2.17 bits per heavy atom. The molecule has 3 rings (SSSR count). The Balaban J connectivity index is 2.08. The van der Waals surface area contributed by atoms with Crippen molar-refractivity contribution in [1.29, 1.82) is 0 Å². The van der Waals surface area contributed by atoms with E-state index in [-0.39, 0.29) is 29.5 Å². The molecule has 1 aromatic heterocycles. The van der Waals surface area contributed by atoms with Crippen LogP contribution in [-0.4, -0.2) is 17.2 Å². The summed E-state index contributed by atoms with van der Waals surface area (Å²) >= 11 is 0. The molecule has 0 bridgehead atoms. The molecule has 0 aromatic carbocycles. The number of ether oxygens (including phenoxy) is 1. The summed E-state index contributed by atoms with van der Waals surface area (Å²) in [6.07, 6.45) is 5.38. The van der Waals surface area contributed by atoms with Crippen LogP contribution in [0.5, 0.6) is 0 Å². The molecule has 0 unspecified atom stereocenters. The van der Waals surface area contributed by atoms with Gasteiger partial charge in [-0.15, -0.1) is 0 Å². The van der Waals surface area contributed by atoms with E-state index < -0.39 is 0 Å². The van der Waals surface area contributed by atoms with E-state index in [9.17, 15) is 9.90 Å². The summed E-state index contributed by atoms with van der Waals surface area (Å²) in [7, 11) is 0. The Morgan fingerprint density at radius 3 is 2.83 bits per heavy atom. The number of esters is 1. The lowest BCUT2D eigenvalue weighted by Crippen LogP contribution is -2.52. The second-order valence-electron chi connectivity index (χ2n) is 7.71. The third-order valence-electron chi connectivity index (χ3n) is 6.59. The van der Waals surface area contributed by atoms with Gasteiger partial charge in [-0.3, -0.25) is 0 Å². The smallest absolute Gasteiger partial charge is 0.334 e. The molecule has 4 nitrogen and oxygen atoms in total. The summed E-state index contributed by atoms with van der Waals surface area (Å²) in [4.78, 5) is 12.5. The van der Waals surface area contributed by atoms with Gasteiger partial charge < -0.3 is 14.3 Å².